The van der Waals surface area contributed by atoms with Gasteiger partial charge in [0.25, 0.3) is 0 Å². The zero-order valence-electron chi connectivity index (χ0n) is 9.58. The maximum Gasteiger partial charge on any atom is 0.214 e. The first kappa shape index (κ1) is 12.9. The summed E-state index contributed by atoms with van der Waals surface area (Å²) in [5.74, 6) is -0.308. The molecule has 0 aliphatic rings. The van der Waals surface area contributed by atoms with Gasteiger partial charge in [0, 0.05) is 11.8 Å². The standard InChI is InChI=1S/C13H10Cl2N2O/c1-7-3-2-4-9(11(7)15)13(18)12-10(16)5-8(14)6-17-12/h2-6H,16H2,1H3. The van der Waals surface area contributed by atoms with E-state index in [9.17, 15) is 4.79 Å². The number of ketones is 1. The Bertz CT molecular complexity index is 626. The van der Waals surface area contributed by atoms with Crippen LogP contribution < -0.4 is 5.73 Å². The number of carbonyl (C=O) groups excluding carboxylic acids is 1. The highest BCUT2D eigenvalue weighted by Gasteiger charge is 2.17. The third-order valence-electron chi connectivity index (χ3n) is 2.54. The van der Waals surface area contributed by atoms with E-state index in [0.717, 1.165) is 5.56 Å². The molecule has 2 N–H and O–H groups in total. The van der Waals surface area contributed by atoms with Crippen molar-refractivity contribution in [2.24, 2.45) is 0 Å². The van der Waals surface area contributed by atoms with Gasteiger partial charge in [0.2, 0.25) is 5.78 Å². The maximum atomic E-state index is 12.3. The average molecular weight is 281 g/mol. The highest BCUT2D eigenvalue weighted by atomic mass is 35.5. The number of hydrogen-bond acceptors (Lipinski definition) is 3. The number of nitrogens with two attached hydrogens (primary N) is 1. The molecule has 2 rings (SSSR count). The van der Waals surface area contributed by atoms with Gasteiger partial charge in [-0.1, -0.05) is 35.3 Å². The van der Waals surface area contributed by atoms with E-state index >= 15 is 0 Å². The number of benzene rings is 1. The van der Waals surface area contributed by atoms with E-state index in [2.05, 4.69) is 4.98 Å². The fraction of sp³-hybridized carbons (Fsp3) is 0.0769. The number of anilines is 1. The van der Waals surface area contributed by atoms with E-state index in [4.69, 9.17) is 28.9 Å². The molecule has 3 nitrogen and oxygen atoms in total. The van der Waals surface area contributed by atoms with E-state index < -0.39 is 0 Å². The molecule has 0 atom stereocenters. The fourth-order valence-electron chi connectivity index (χ4n) is 1.59. The molecule has 1 aromatic carbocycles. The molecular formula is C13H10Cl2N2O. The van der Waals surface area contributed by atoms with Crippen LogP contribution in [0.4, 0.5) is 5.69 Å². The Morgan fingerprint density at radius 2 is 2.06 bits per heavy atom. The highest BCUT2D eigenvalue weighted by molar-refractivity contribution is 6.36. The van der Waals surface area contributed by atoms with Crippen LogP contribution in [0.2, 0.25) is 10.0 Å². The molecule has 0 bridgehead atoms. The first-order valence-electron chi connectivity index (χ1n) is 5.21. The van der Waals surface area contributed by atoms with Crippen LogP contribution in [0.1, 0.15) is 21.6 Å². The topological polar surface area (TPSA) is 56.0 Å². The van der Waals surface area contributed by atoms with Gasteiger partial charge in [0.05, 0.1) is 15.7 Å². The number of rotatable bonds is 2. The SMILES string of the molecule is Cc1cccc(C(=O)c2ncc(Cl)cc2N)c1Cl. The molecule has 2 aromatic rings. The molecule has 0 spiro atoms. The number of carbonyl (C=O) groups is 1. The van der Waals surface area contributed by atoms with Crippen LogP contribution in [0.3, 0.4) is 0 Å². The highest BCUT2D eigenvalue weighted by Crippen LogP contribution is 2.25. The van der Waals surface area contributed by atoms with Crippen molar-refractivity contribution in [1.82, 2.24) is 4.98 Å². The Kier molecular flexibility index (Phi) is 3.55. The third-order valence-corrected chi connectivity index (χ3v) is 3.24. The average Bonchev–Trinajstić information content (AvgIpc) is 2.32. The van der Waals surface area contributed by atoms with Gasteiger partial charge in [-0.3, -0.25) is 4.79 Å². The van der Waals surface area contributed by atoms with E-state index in [1.807, 2.05) is 13.0 Å². The lowest BCUT2D eigenvalue weighted by Crippen LogP contribution is -2.09. The zero-order valence-corrected chi connectivity index (χ0v) is 11.1. The molecule has 1 heterocycles. The van der Waals surface area contributed by atoms with Crippen molar-refractivity contribution in [2.45, 2.75) is 6.92 Å². The van der Waals surface area contributed by atoms with Crippen molar-refractivity contribution in [3.05, 3.63) is 57.3 Å². The fourth-order valence-corrected chi connectivity index (χ4v) is 1.97. The summed E-state index contributed by atoms with van der Waals surface area (Å²) < 4.78 is 0. The van der Waals surface area contributed by atoms with Crippen LogP contribution in [0.5, 0.6) is 0 Å². The summed E-state index contributed by atoms with van der Waals surface area (Å²) >= 11 is 11.9. The smallest absolute Gasteiger partial charge is 0.214 e. The van der Waals surface area contributed by atoms with Gasteiger partial charge in [-0.2, -0.15) is 0 Å². The molecule has 0 amide bonds. The largest absolute Gasteiger partial charge is 0.397 e. The van der Waals surface area contributed by atoms with Gasteiger partial charge < -0.3 is 5.73 Å². The van der Waals surface area contributed by atoms with Crippen LogP contribution in [0.25, 0.3) is 0 Å². The van der Waals surface area contributed by atoms with Crippen LogP contribution in [0, 0.1) is 6.92 Å². The Labute approximate surface area is 115 Å². The number of nitrogens with zero attached hydrogens (tertiary/aromatic N) is 1. The minimum absolute atomic E-state index is 0.159. The summed E-state index contributed by atoms with van der Waals surface area (Å²) in [4.78, 5) is 16.2. The summed E-state index contributed by atoms with van der Waals surface area (Å²) in [5.41, 5.74) is 7.35. The molecule has 0 aliphatic heterocycles. The lowest BCUT2D eigenvalue weighted by Gasteiger charge is -2.07. The van der Waals surface area contributed by atoms with Gasteiger partial charge >= 0.3 is 0 Å². The molecule has 0 fully saturated rings. The molecular weight excluding hydrogens is 271 g/mol. The van der Waals surface area contributed by atoms with Crippen LogP contribution >= 0.6 is 23.2 Å². The first-order valence-corrected chi connectivity index (χ1v) is 5.97. The van der Waals surface area contributed by atoms with Gasteiger partial charge in [0.15, 0.2) is 0 Å². The Morgan fingerprint density at radius 1 is 1.33 bits per heavy atom. The molecule has 0 aliphatic carbocycles. The minimum atomic E-state index is -0.308. The van der Waals surface area contributed by atoms with Gasteiger partial charge in [-0.25, -0.2) is 4.98 Å². The minimum Gasteiger partial charge on any atom is -0.397 e. The lowest BCUT2D eigenvalue weighted by atomic mass is 10.0. The van der Waals surface area contributed by atoms with E-state index in [1.54, 1.807) is 12.1 Å². The molecule has 1 aromatic heterocycles. The van der Waals surface area contributed by atoms with Gasteiger partial charge in [-0.05, 0) is 24.6 Å². The quantitative estimate of drug-likeness (QED) is 0.857. The molecule has 5 heteroatoms. The molecule has 0 unspecified atom stereocenters. The number of hydrogen-bond donors (Lipinski definition) is 1. The van der Waals surface area contributed by atoms with Crippen LogP contribution in [0.15, 0.2) is 30.5 Å². The molecule has 0 saturated heterocycles. The molecule has 0 radical (unpaired) electrons. The van der Waals surface area contributed by atoms with Crippen molar-refractivity contribution in [2.75, 3.05) is 5.73 Å². The second kappa shape index (κ2) is 4.96. The summed E-state index contributed by atoms with van der Waals surface area (Å²) in [6.07, 6.45) is 1.38. The third kappa shape index (κ3) is 2.33. The van der Waals surface area contributed by atoms with E-state index in [-0.39, 0.29) is 17.2 Å². The second-order valence-corrected chi connectivity index (χ2v) is 4.67. The lowest BCUT2D eigenvalue weighted by molar-refractivity contribution is 0.103. The summed E-state index contributed by atoms with van der Waals surface area (Å²) in [6.45, 7) is 1.83. The van der Waals surface area contributed by atoms with Crippen molar-refractivity contribution in [1.29, 1.82) is 0 Å². The number of nitrogen functional groups attached to an aromatic ring is 1. The normalized spacial score (nSPS) is 10.4. The van der Waals surface area contributed by atoms with Gasteiger partial charge in [-0.15, -0.1) is 0 Å². The number of halogens is 2. The Hall–Kier alpha value is -1.58. The predicted molar refractivity (Wildman–Crippen MR) is 73.3 cm³/mol. The molecule has 18 heavy (non-hydrogen) atoms. The molecule has 92 valence electrons. The Balaban J connectivity index is 2.51. The van der Waals surface area contributed by atoms with Crippen molar-refractivity contribution >= 4 is 34.7 Å². The second-order valence-electron chi connectivity index (χ2n) is 3.86. The summed E-state index contributed by atoms with van der Waals surface area (Å²) in [6, 6.07) is 6.73. The predicted octanol–water partition coefficient (Wildman–Crippen LogP) is 3.51. The Morgan fingerprint density at radius 3 is 2.72 bits per heavy atom. The summed E-state index contributed by atoms with van der Waals surface area (Å²) in [5, 5.41) is 0.804. The van der Waals surface area contributed by atoms with E-state index in [1.165, 1.54) is 12.3 Å². The molecule has 0 saturated carbocycles. The van der Waals surface area contributed by atoms with Crippen molar-refractivity contribution < 1.29 is 4.79 Å². The number of aryl methyl sites for hydroxylation is 1. The maximum absolute atomic E-state index is 12.3. The van der Waals surface area contributed by atoms with Crippen LogP contribution in [-0.2, 0) is 0 Å². The number of pyridine rings is 1. The zero-order chi connectivity index (χ0) is 13.3. The van der Waals surface area contributed by atoms with Gasteiger partial charge in [0.1, 0.15) is 5.69 Å². The van der Waals surface area contributed by atoms with Crippen molar-refractivity contribution in [3.8, 4) is 0 Å². The van der Waals surface area contributed by atoms with Crippen molar-refractivity contribution in [3.63, 3.8) is 0 Å². The monoisotopic (exact) mass is 280 g/mol. The number of aromatic nitrogens is 1. The first-order chi connectivity index (χ1) is 8.50. The van der Waals surface area contributed by atoms with E-state index in [0.29, 0.717) is 15.6 Å². The van der Waals surface area contributed by atoms with Crippen LogP contribution in [-0.4, -0.2) is 10.8 Å². The summed E-state index contributed by atoms with van der Waals surface area (Å²) in [7, 11) is 0.